The van der Waals surface area contributed by atoms with Gasteiger partial charge in [0.25, 0.3) is 5.91 Å². The molecule has 5 heteroatoms. The van der Waals surface area contributed by atoms with Gasteiger partial charge in [-0.1, -0.05) is 18.2 Å². The summed E-state index contributed by atoms with van der Waals surface area (Å²) >= 11 is 0. The Morgan fingerprint density at radius 2 is 2.05 bits per heavy atom. The number of nitrogens with one attached hydrogen (secondary N) is 1. The molecule has 2 aromatic carbocycles. The van der Waals surface area contributed by atoms with Crippen molar-refractivity contribution in [2.24, 2.45) is 0 Å². The number of carbonyl (C=O) groups is 1. The number of aryl methyl sites for hydroxylation is 1. The molecule has 1 heterocycles. The Morgan fingerprint density at radius 1 is 1.24 bits per heavy atom. The summed E-state index contributed by atoms with van der Waals surface area (Å²) in [7, 11) is 0. The summed E-state index contributed by atoms with van der Waals surface area (Å²) in [6.45, 7) is 0. The average molecular weight is 286 g/mol. The Kier molecular flexibility index (Phi) is 3.48. The van der Waals surface area contributed by atoms with E-state index >= 15 is 0 Å². The zero-order valence-corrected chi connectivity index (χ0v) is 11.3. The molecule has 3 rings (SSSR count). The van der Waals surface area contributed by atoms with Crippen molar-refractivity contribution in [3.8, 4) is 5.75 Å². The zero-order chi connectivity index (χ0) is 14.8. The Labute approximate surface area is 121 Å². The van der Waals surface area contributed by atoms with E-state index in [9.17, 15) is 9.18 Å². The van der Waals surface area contributed by atoms with Crippen LogP contribution in [0.25, 0.3) is 0 Å². The highest BCUT2D eigenvalue weighted by Crippen LogP contribution is 2.27. The number of amides is 1. The maximum Gasteiger partial charge on any atom is 0.265 e. The van der Waals surface area contributed by atoms with E-state index in [1.165, 1.54) is 18.2 Å². The third-order valence-corrected chi connectivity index (χ3v) is 3.49. The molecule has 0 fully saturated rings. The van der Waals surface area contributed by atoms with Crippen LogP contribution in [0.4, 0.5) is 15.8 Å². The minimum Gasteiger partial charge on any atom is -0.478 e. The van der Waals surface area contributed by atoms with Crippen LogP contribution in [0.15, 0.2) is 42.5 Å². The first kappa shape index (κ1) is 13.4. The lowest BCUT2D eigenvalue weighted by Gasteiger charge is -2.17. The van der Waals surface area contributed by atoms with E-state index in [1.54, 1.807) is 0 Å². The molecule has 21 heavy (non-hydrogen) atoms. The van der Waals surface area contributed by atoms with Crippen LogP contribution in [0.1, 0.15) is 12.0 Å². The Balaban J connectivity index is 1.81. The van der Waals surface area contributed by atoms with Crippen molar-refractivity contribution in [2.45, 2.75) is 18.9 Å². The molecular formula is C16H15FN2O2. The van der Waals surface area contributed by atoms with Gasteiger partial charge in [0.15, 0.2) is 6.10 Å². The van der Waals surface area contributed by atoms with Crippen LogP contribution >= 0.6 is 0 Å². The number of anilines is 2. The van der Waals surface area contributed by atoms with E-state index in [2.05, 4.69) is 5.32 Å². The fourth-order valence-corrected chi connectivity index (χ4v) is 2.37. The van der Waals surface area contributed by atoms with Crippen LogP contribution in [0.5, 0.6) is 5.75 Å². The maximum atomic E-state index is 13.3. The third kappa shape index (κ3) is 2.81. The molecule has 0 aromatic heterocycles. The molecule has 108 valence electrons. The van der Waals surface area contributed by atoms with Crippen molar-refractivity contribution < 1.29 is 13.9 Å². The predicted molar refractivity (Wildman–Crippen MR) is 78.6 cm³/mol. The highest BCUT2D eigenvalue weighted by Gasteiger charge is 2.25. The molecule has 4 nitrogen and oxygen atoms in total. The van der Waals surface area contributed by atoms with Gasteiger partial charge in [0.1, 0.15) is 11.6 Å². The summed E-state index contributed by atoms with van der Waals surface area (Å²) < 4.78 is 18.9. The number of nitrogens with two attached hydrogens (primary N) is 1. The number of rotatable bonds is 2. The number of hydrogen-bond acceptors (Lipinski definition) is 3. The quantitative estimate of drug-likeness (QED) is 0.834. The molecule has 3 N–H and O–H groups in total. The van der Waals surface area contributed by atoms with Gasteiger partial charge < -0.3 is 15.8 Å². The van der Waals surface area contributed by atoms with Crippen LogP contribution in [0.2, 0.25) is 0 Å². The third-order valence-electron chi connectivity index (χ3n) is 3.49. The average Bonchev–Trinajstić information content (AvgIpc) is 2.62. The minimum absolute atomic E-state index is 0.195. The molecule has 0 spiro atoms. The standard InChI is InChI=1S/C16H15FN2O2/c17-11-6-7-12(18)15(9-11)21-14-8-5-10-3-1-2-4-13(10)19-16(14)20/h1-4,6-7,9,14H,5,8,18H2,(H,19,20). The molecule has 1 amide bonds. The van der Waals surface area contributed by atoms with Crippen molar-refractivity contribution in [3.63, 3.8) is 0 Å². The Morgan fingerprint density at radius 3 is 2.90 bits per heavy atom. The second kappa shape index (κ2) is 5.44. The summed E-state index contributed by atoms with van der Waals surface area (Å²) in [5.41, 5.74) is 7.91. The number of carbonyl (C=O) groups excluding carboxylic acids is 1. The fraction of sp³-hybridized carbons (Fsp3) is 0.188. The number of para-hydroxylation sites is 1. The van der Waals surface area contributed by atoms with Crippen molar-refractivity contribution in [2.75, 3.05) is 11.1 Å². The lowest BCUT2D eigenvalue weighted by Crippen LogP contribution is -2.32. The Hall–Kier alpha value is -2.56. The van der Waals surface area contributed by atoms with Gasteiger partial charge in [0.05, 0.1) is 5.69 Å². The first-order chi connectivity index (χ1) is 10.1. The molecule has 1 aliphatic rings. The SMILES string of the molecule is Nc1ccc(F)cc1OC1CCc2ccccc2NC1=O. The van der Waals surface area contributed by atoms with Gasteiger partial charge in [-0.25, -0.2) is 4.39 Å². The second-order valence-corrected chi connectivity index (χ2v) is 4.97. The van der Waals surface area contributed by atoms with E-state index in [4.69, 9.17) is 10.5 Å². The van der Waals surface area contributed by atoms with Crippen molar-refractivity contribution in [1.82, 2.24) is 0 Å². The first-order valence-corrected chi connectivity index (χ1v) is 6.74. The smallest absolute Gasteiger partial charge is 0.265 e. The lowest BCUT2D eigenvalue weighted by atomic mass is 10.1. The van der Waals surface area contributed by atoms with Crippen LogP contribution in [0.3, 0.4) is 0 Å². The summed E-state index contributed by atoms with van der Waals surface area (Å²) in [5.74, 6) is -0.499. The van der Waals surface area contributed by atoms with Crippen molar-refractivity contribution in [1.29, 1.82) is 0 Å². The summed E-state index contributed by atoms with van der Waals surface area (Å²) in [5, 5.41) is 2.83. The molecule has 0 bridgehead atoms. The molecular weight excluding hydrogens is 271 g/mol. The molecule has 0 saturated carbocycles. The highest BCUT2D eigenvalue weighted by molar-refractivity contribution is 5.95. The zero-order valence-electron chi connectivity index (χ0n) is 11.3. The van der Waals surface area contributed by atoms with Crippen LogP contribution < -0.4 is 15.8 Å². The van der Waals surface area contributed by atoms with Gasteiger partial charge in [0, 0.05) is 11.8 Å². The van der Waals surface area contributed by atoms with E-state index in [0.717, 1.165) is 11.3 Å². The van der Waals surface area contributed by atoms with Crippen molar-refractivity contribution in [3.05, 3.63) is 53.8 Å². The highest BCUT2D eigenvalue weighted by atomic mass is 19.1. The number of ether oxygens (including phenoxy) is 1. The summed E-state index contributed by atoms with van der Waals surface area (Å²) in [4.78, 5) is 12.2. The van der Waals surface area contributed by atoms with Crippen LogP contribution in [-0.2, 0) is 11.2 Å². The Bertz CT molecular complexity index is 688. The number of halogens is 1. The van der Waals surface area contributed by atoms with Crippen LogP contribution in [-0.4, -0.2) is 12.0 Å². The van der Waals surface area contributed by atoms with Gasteiger partial charge in [-0.3, -0.25) is 4.79 Å². The molecule has 1 atom stereocenters. The van der Waals surface area contributed by atoms with Crippen molar-refractivity contribution >= 4 is 17.3 Å². The lowest BCUT2D eigenvalue weighted by molar-refractivity contribution is -0.122. The first-order valence-electron chi connectivity index (χ1n) is 6.74. The summed E-state index contributed by atoms with van der Waals surface area (Å²) in [6, 6.07) is 11.5. The van der Waals surface area contributed by atoms with Gasteiger partial charge >= 0.3 is 0 Å². The van der Waals surface area contributed by atoms with Gasteiger partial charge in [-0.2, -0.15) is 0 Å². The molecule has 1 aliphatic heterocycles. The fourth-order valence-electron chi connectivity index (χ4n) is 2.37. The maximum absolute atomic E-state index is 13.3. The number of benzene rings is 2. The topological polar surface area (TPSA) is 64.3 Å². The molecule has 0 saturated heterocycles. The number of nitrogen functional groups attached to an aromatic ring is 1. The van der Waals surface area contributed by atoms with Crippen LogP contribution in [0, 0.1) is 5.82 Å². The van der Waals surface area contributed by atoms with Gasteiger partial charge in [0.2, 0.25) is 0 Å². The van der Waals surface area contributed by atoms with Gasteiger partial charge in [-0.05, 0) is 36.6 Å². The van der Waals surface area contributed by atoms with E-state index < -0.39 is 11.9 Å². The molecule has 2 aromatic rings. The predicted octanol–water partition coefficient (Wildman–Crippen LogP) is 2.74. The summed E-state index contributed by atoms with van der Waals surface area (Å²) in [6.07, 6.45) is 0.523. The van der Waals surface area contributed by atoms with E-state index in [1.807, 2.05) is 24.3 Å². The number of fused-ring (bicyclic) bond motifs is 1. The normalized spacial score (nSPS) is 17.6. The minimum atomic E-state index is -0.693. The molecule has 1 unspecified atom stereocenters. The van der Waals surface area contributed by atoms with E-state index in [0.29, 0.717) is 18.5 Å². The largest absolute Gasteiger partial charge is 0.478 e. The monoisotopic (exact) mass is 286 g/mol. The number of hydrogen-bond donors (Lipinski definition) is 2. The molecule has 0 radical (unpaired) electrons. The van der Waals surface area contributed by atoms with E-state index in [-0.39, 0.29) is 11.7 Å². The second-order valence-electron chi connectivity index (χ2n) is 4.97. The van der Waals surface area contributed by atoms with Gasteiger partial charge in [-0.15, -0.1) is 0 Å². The molecule has 0 aliphatic carbocycles.